The fraction of sp³-hybridized carbons (Fsp3) is 0.0769. The van der Waals surface area contributed by atoms with E-state index >= 15 is 0 Å². The minimum Gasteiger partial charge on any atom is -0.453 e. The normalized spacial score (nSPS) is 11.0. The smallest absolute Gasteiger partial charge is 0.197 e. The van der Waals surface area contributed by atoms with Crippen molar-refractivity contribution in [3.63, 3.8) is 0 Å². The molecule has 18 heavy (non-hydrogen) atoms. The van der Waals surface area contributed by atoms with Gasteiger partial charge >= 0.3 is 0 Å². The number of rotatable bonds is 1. The van der Waals surface area contributed by atoms with Gasteiger partial charge in [-0.3, -0.25) is 0 Å². The number of hydrogen-bond acceptors (Lipinski definition) is 3. The van der Waals surface area contributed by atoms with E-state index in [0.717, 1.165) is 11.1 Å². The summed E-state index contributed by atoms with van der Waals surface area (Å²) in [5, 5.41) is 1.55. The lowest BCUT2D eigenvalue weighted by Crippen LogP contribution is -1.88. The van der Waals surface area contributed by atoms with Gasteiger partial charge in [0.1, 0.15) is 5.69 Å². The van der Waals surface area contributed by atoms with Gasteiger partial charge in [0.05, 0.1) is 5.02 Å². The van der Waals surface area contributed by atoms with E-state index in [-0.39, 0.29) is 0 Å². The van der Waals surface area contributed by atoms with E-state index in [4.69, 9.17) is 28.2 Å². The lowest BCUT2D eigenvalue weighted by molar-refractivity contribution is 0.628. The van der Waals surface area contributed by atoms with Gasteiger partial charge in [-0.1, -0.05) is 23.7 Å². The third-order valence-electron chi connectivity index (χ3n) is 2.63. The van der Waals surface area contributed by atoms with E-state index in [1.807, 2.05) is 31.2 Å². The van der Waals surface area contributed by atoms with E-state index in [0.29, 0.717) is 26.8 Å². The molecule has 3 nitrogen and oxygen atoms in total. The van der Waals surface area contributed by atoms with Crippen LogP contribution in [-0.2, 0) is 0 Å². The first-order chi connectivity index (χ1) is 8.63. The number of nitrogens with zero attached hydrogens (tertiary/aromatic N) is 1. The Bertz CT molecular complexity index is 791. The monoisotopic (exact) mass is 276 g/mol. The number of aryl methyl sites for hydroxylation is 1. The molecule has 2 aromatic heterocycles. The molecule has 2 heterocycles. The number of benzene rings is 1. The maximum absolute atomic E-state index is 6.08. The first-order valence-corrected chi connectivity index (χ1v) is 6.18. The van der Waals surface area contributed by atoms with Crippen LogP contribution in [-0.4, -0.2) is 9.97 Å². The molecule has 0 atom stereocenters. The Labute approximate surface area is 113 Å². The second-order valence-electron chi connectivity index (χ2n) is 4.02. The Morgan fingerprint density at radius 2 is 2.17 bits per heavy atom. The molecule has 0 amide bonds. The van der Waals surface area contributed by atoms with Crippen molar-refractivity contribution >= 4 is 34.8 Å². The van der Waals surface area contributed by atoms with Gasteiger partial charge < -0.3 is 9.40 Å². The molecule has 0 aliphatic heterocycles. The number of para-hydroxylation sites is 1. The summed E-state index contributed by atoms with van der Waals surface area (Å²) in [6.07, 6.45) is 0. The molecule has 0 spiro atoms. The average Bonchev–Trinajstić information content (AvgIpc) is 2.73. The van der Waals surface area contributed by atoms with Crippen LogP contribution in [0, 0.1) is 11.7 Å². The zero-order valence-electron chi connectivity index (χ0n) is 9.53. The molecule has 0 bridgehead atoms. The number of aromatic nitrogens is 2. The summed E-state index contributed by atoms with van der Waals surface area (Å²) in [6, 6.07) is 9.44. The standard InChI is InChI=1S/C13H9ClN2OS/c1-7-5-10(16-13(18)15-7)11-6-8-3-2-4-9(14)12(8)17-11/h2-6H,1H3,(H,15,16,18). The average molecular weight is 277 g/mol. The van der Waals surface area contributed by atoms with Crippen LogP contribution in [0.1, 0.15) is 5.69 Å². The summed E-state index contributed by atoms with van der Waals surface area (Å²) in [6.45, 7) is 1.93. The molecule has 0 unspecified atom stereocenters. The number of fused-ring (bicyclic) bond motifs is 1. The van der Waals surface area contributed by atoms with Crippen molar-refractivity contribution < 1.29 is 4.42 Å². The van der Waals surface area contributed by atoms with Crippen LogP contribution in [0.25, 0.3) is 22.4 Å². The van der Waals surface area contributed by atoms with E-state index in [9.17, 15) is 0 Å². The fourth-order valence-electron chi connectivity index (χ4n) is 1.86. The molecule has 0 radical (unpaired) electrons. The molecular formula is C13H9ClN2OS. The molecule has 3 rings (SSSR count). The minimum atomic E-state index is 0.441. The molecule has 0 aliphatic rings. The van der Waals surface area contributed by atoms with Crippen molar-refractivity contribution in [3.05, 3.63) is 45.8 Å². The highest BCUT2D eigenvalue weighted by Crippen LogP contribution is 2.31. The number of H-pyrrole nitrogens is 1. The zero-order valence-corrected chi connectivity index (χ0v) is 11.1. The van der Waals surface area contributed by atoms with Gasteiger partial charge in [0.25, 0.3) is 0 Å². The molecule has 1 N–H and O–H groups in total. The Hall–Kier alpha value is -1.65. The second-order valence-corrected chi connectivity index (χ2v) is 4.82. The summed E-state index contributed by atoms with van der Waals surface area (Å²) >= 11 is 11.1. The summed E-state index contributed by atoms with van der Waals surface area (Å²) in [4.78, 5) is 7.21. The van der Waals surface area contributed by atoms with E-state index in [1.165, 1.54) is 0 Å². The van der Waals surface area contributed by atoms with Gasteiger partial charge in [0.2, 0.25) is 0 Å². The largest absolute Gasteiger partial charge is 0.453 e. The Morgan fingerprint density at radius 1 is 1.33 bits per heavy atom. The summed E-state index contributed by atoms with van der Waals surface area (Å²) in [5.41, 5.74) is 2.33. The number of hydrogen-bond donors (Lipinski definition) is 1. The molecular weight excluding hydrogens is 268 g/mol. The van der Waals surface area contributed by atoms with E-state index < -0.39 is 0 Å². The van der Waals surface area contributed by atoms with Crippen molar-refractivity contribution in [3.8, 4) is 11.5 Å². The first-order valence-electron chi connectivity index (χ1n) is 5.40. The van der Waals surface area contributed by atoms with Crippen LogP contribution >= 0.6 is 23.8 Å². The Balaban J connectivity index is 2.25. The van der Waals surface area contributed by atoms with Crippen molar-refractivity contribution in [1.29, 1.82) is 0 Å². The van der Waals surface area contributed by atoms with E-state index in [1.54, 1.807) is 6.07 Å². The Morgan fingerprint density at radius 3 is 2.89 bits per heavy atom. The number of aromatic amines is 1. The van der Waals surface area contributed by atoms with E-state index in [2.05, 4.69) is 9.97 Å². The lowest BCUT2D eigenvalue weighted by atomic mass is 10.2. The minimum absolute atomic E-state index is 0.441. The highest BCUT2D eigenvalue weighted by atomic mass is 35.5. The quantitative estimate of drug-likeness (QED) is 0.665. The van der Waals surface area contributed by atoms with Crippen molar-refractivity contribution in [1.82, 2.24) is 9.97 Å². The van der Waals surface area contributed by atoms with Crippen LogP contribution in [0.2, 0.25) is 5.02 Å². The highest BCUT2D eigenvalue weighted by Gasteiger charge is 2.10. The van der Waals surface area contributed by atoms with Gasteiger partial charge in [-0.2, -0.15) is 0 Å². The maximum Gasteiger partial charge on any atom is 0.197 e. The molecule has 0 saturated carbocycles. The van der Waals surface area contributed by atoms with Crippen LogP contribution in [0.5, 0.6) is 0 Å². The predicted octanol–water partition coefficient (Wildman–Crippen LogP) is 4.51. The molecule has 0 fully saturated rings. The SMILES string of the molecule is Cc1cc(-c2cc3cccc(Cl)c3o2)nc(=S)[nH]1. The third kappa shape index (κ3) is 1.94. The van der Waals surface area contributed by atoms with Crippen molar-refractivity contribution in [2.75, 3.05) is 0 Å². The van der Waals surface area contributed by atoms with Gasteiger partial charge in [-0.15, -0.1) is 0 Å². The lowest BCUT2D eigenvalue weighted by Gasteiger charge is -1.97. The summed E-state index contributed by atoms with van der Waals surface area (Å²) in [5.74, 6) is 0.668. The highest BCUT2D eigenvalue weighted by molar-refractivity contribution is 7.71. The first kappa shape index (κ1) is 11.4. The topological polar surface area (TPSA) is 41.8 Å². The zero-order chi connectivity index (χ0) is 12.7. The van der Waals surface area contributed by atoms with Crippen LogP contribution < -0.4 is 0 Å². The van der Waals surface area contributed by atoms with Gasteiger partial charge in [0.15, 0.2) is 16.1 Å². The summed E-state index contributed by atoms with van der Waals surface area (Å²) in [7, 11) is 0. The number of halogens is 1. The molecule has 0 saturated heterocycles. The summed E-state index contributed by atoms with van der Waals surface area (Å²) < 4.78 is 6.18. The van der Waals surface area contributed by atoms with Crippen molar-refractivity contribution in [2.24, 2.45) is 0 Å². The third-order valence-corrected chi connectivity index (χ3v) is 3.12. The van der Waals surface area contributed by atoms with Gasteiger partial charge in [0, 0.05) is 11.1 Å². The second kappa shape index (κ2) is 4.23. The number of nitrogens with one attached hydrogen (secondary N) is 1. The maximum atomic E-state index is 6.08. The molecule has 3 aromatic rings. The molecule has 1 aromatic carbocycles. The predicted molar refractivity (Wildman–Crippen MR) is 74.4 cm³/mol. The van der Waals surface area contributed by atoms with Crippen molar-refractivity contribution in [2.45, 2.75) is 6.92 Å². The molecule has 5 heteroatoms. The number of furan rings is 1. The fourth-order valence-corrected chi connectivity index (χ4v) is 2.34. The van der Waals surface area contributed by atoms with Gasteiger partial charge in [-0.25, -0.2) is 4.98 Å². The van der Waals surface area contributed by atoms with Crippen LogP contribution in [0.4, 0.5) is 0 Å². The van der Waals surface area contributed by atoms with Crippen LogP contribution in [0.15, 0.2) is 34.7 Å². The molecule has 0 aliphatic carbocycles. The van der Waals surface area contributed by atoms with Crippen LogP contribution in [0.3, 0.4) is 0 Å². The Kier molecular flexibility index (Phi) is 2.69. The van der Waals surface area contributed by atoms with Gasteiger partial charge in [-0.05, 0) is 37.3 Å². The molecule has 90 valence electrons.